The number of nitrogens with zero attached hydrogens (tertiary/aromatic N) is 1. The molecular weight excluding hydrogens is 392 g/mol. The first kappa shape index (κ1) is 20.2. The number of anilines is 1. The van der Waals surface area contributed by atoms with E-state index in [9.17, 15) is 4.79 Å². The van der Waals surface area contributed by atoms with Crippen molar-refractivity contribution in [3.8, 4) is 34.3 Å². The quantitative estimate of drug-likeness (QED) is 0.445. The molecule has 1 amide bonds. The number of rotatable bonds is 6. The van der Waals surface area contributed by atoms with Crippen LogP contribution in [0.25, 0.3) is 22.8 Å². The predicted octanol–water partition coefficient (Wildman–Crippen LogP) is 5.59. The molecule has 1 aromatic heterocycles. The van der Waals surface area contributed by atoms with E-state index in [1.54, 1.807) is 32.5 Å². The van der Waals surface area contributed by atoms with Crippen LogP contribution in [0.15, 0.2) is 77.3 Å². The van der Waals surface area contributed by atoms with Crippen LogP contribution in [0.3, 0.4) is 0 Å². The molecule has 0 radical (unpaired) electrons. The van der Waals surface area contributed by atoms with E-state index in [1.807, 2.05) is 61.5 Å². The van der Waals surface area contributed by atoms with Gasteiger partial charge >= 0.3 is 0 Å². The molecular formula is C25H22N2O4. The molecule has 3 aromatic carbocycles. The molecule has 31 heavy (non-hydrogen) atoms. The summed E-state index contributed by atoms with van der Waals surface area (Å²) in [6, 6.07) is 20.3. The Balaban J connectivity index is 1.66. The van der Waals surface area contributed by atoms with Gasteiger partial charge in [-0.1, -0.05) is 29.8 Å². The van der Waals surface area contributed by atoms with E-state index >= 15 is 0 Å². The second-order valence-electron chi connectivity index (χ2n) is 6.96. The third-order valence-corrected chi connectivity index (χ3v) is 4.89. The van der Waals surface area contributed by atoms with Gasteiger partial charge in [-0.25, -0.2) is 4.98 Å². The van der Waals surface area contributed by atoms with Gasteiger partial charge in [0.05, 0.1) is 31.5 Å². The molecule has 1 N–H and O–H groups in total. The van der Waals surface area contributed by atoms with Gasteiger partial charge in [0.1, 0.15) is 11.5 Å². The number of aromatic nitrogens is 1. The largest absolute Gasteiger partial charge is 0.497 e. The van der Waals surface area contributed by atoms with Crippen LogP contribution in [0, 0.1) is 6.92 Å². The van der Waals surface area contributed by atoms with Crippen molar-refractivity contribution in [1.82, 2.24) is 4.98 Å². The highest BCUT2D eigenvalue weighted by atomic mass is 16.5. The maximum absolute atomic E-state index is 12.9. The molecule has 0 aliphatic carbocycles. The molecule has 4 aromatic rings. The Morgan fingerprint density at radius 3 is 2.45 bits per heavy atom. The topological polar surface area (TPSA) is 73.6 Å². The molecule has 0 fully saturated rings. The van der Waals surface area contributed by atoms with Crippen LogP contribution in [0.4, 0.5) is 5.69 Å². The van der Waals surface area contributed by atoms with Gasteiger partial charge in [-0.3, -0.25) is 4.79 Å². The standard InChI is InChI=1S/C25H22N2O4/c1-16-8-10-17(11-9-16)27-24(28)19-6-4-5-7-20(19)25-26-15-23(31-25)21-13-12-18(29-2)14-22(21)30-3/h4-15H,1-3H3,(H,27,28). The van der Waals surface area contributed by atoms with Crippen molar-refractivity contribution in [3.05, 3.63) is 84.1 Å². The van der Waals surface area contributed by atoms with Crippen molar-refractivity contribution < 1.29 is 18.7 Å². The first-order valence-electron chi connectivity index (χ1n) is 9.74. The number of benzene rings is 3. The highest BCUT2D eigenvalue weighted by Crippen LogP contribution is 2.35. The lowest BCUT2D eigenvalue weighted by atomic mass is 10.1. The molecule has 0 aliphatic rings. The zero-order valence-electron chi connectivity index (χ0n) is 17.5. The lowest BCUT2D eigenvalue weighted by Gasteiger charge is -2.09. The number of carbonyl (C=O) groups is 1. The van der Waals surface area contributed by atoms with Gasteiger partial charge in [0.2, 0.25) is 5.89 Å². The molecule has 0 saturated heterocycles. The van der Waals surface area contributed by atoms with Crippen LogP contribution in [0.1, 0.15) is 15.9 Å². The van der Waals surface area contributed by atoms with E-state index in [0.717, 1.165) is 16.8 Å². The SMILES string of the molecule is COc1ccc(-c2cnc(-c3ccccc3C(=O)Nc3ccc(C)cc3)o2)c(OC)c1. The van der Waals surface area contributed by atoms with Crippen molar-refractivity contribution >= 4 is 11.6 Å². The highest BCUT2D eigenvalue weighted by Gasteiger charge is 2.18. The Hall–Kier alpha value is -4.06. The minimum Gasteiger partial charge on any atom is -0.497 e. The van der Waals surface area contributed by atoms with Gasteiger partial charge in [0.15, 0.2) is 5.76 Å². The number of hydrogen-bond donors (Lipinski definition) is 1. The summed E-state index contributed by atoms with van der Waals surface area (Å²) in [6.45, 7) is 2.00. The van der Waals surface area contributed by atoms with E-state index in [2.05, 4.69) is 10.3 Å². The Labute approximate surface area is 180 Å². The molecule has 1 heterocycles. The average Bonchev–Trinajstić information content (AvgIpc) is 3.30. The summed E-state index contributed by atoms with van der Waals surface area (Å²) in [5.74, 6) is 1.93. The van der Waals surface area contributed by atoms with E-state index < -0.39 is 0 Å². The van der Waals surface area contributed by atoms with E-state index in [1.165, 1.54) is 0 Å². The molecule has 0 saturated carbocycles. The molecule has 0 spiro atoms. The number of methoxy groups -OCH3 is 2. The molecule has 156 valence electrons. The van der Waals surface area contributed by atoms with Gasteiger partial charge in [-0.15, -0.1) is 0 Å². The van der Waals surface area contributed by atoms with Gasteiger partial charge < -0.3 is 19.2 Å². The van der Waals surface area contributed by atoms with E-state index in [0.29, 0.717) is 34.3 Å². The highest BCUT2D eigenvalue weighted by molar-refractivity contribution is 6.08. The third kappa shape index (κ3) is 4.28. The molecule has 0 aliphatic heterocycles. The first-order valence-corrected chi connectivity index (χ1v) is 9.74. The average molecular weight is 414 g/mol. The van der Waals surface area contributed by atoms with Gasteiger partial charge in [0, 0.05) is 17.3 Å². The fourth-order valence-electron chi connectivity index (χ4n) is 3.23. The number of nitrogens with one attached hydrogen (secondary N) is 1. The summed E-state index contributed by atoms with van der Waals surface area (Å²) in [5, 5.41) is 2.92. The van der Waals surface area contributed by atoms with Crippen LogP contribution in [0.2, 0.25) is 0 Å². The maximum Gasteiger partial charge on any atom is 0.256 e. The number of ether oxygens (including phenoxy) is 2. The Bertz CT molecular complexity index is 1210. The Morgan fingerprint density at radius 2 is 1.71 bits per heavy atom. The van der Waals surface area contributed by atoms with Crippen LogP contribution < -0.4 is 14.8 Å². The smallest absolute Gasteiger partial charge is 0.256 e. The number of amides is 1. The van der Waals surface area contributed by atoms with Crippen LogP contribution in [-0.2, 0) is 0 Å². The Kier molecular flexibility index (Phi) is 5.71. The molecule has 0 atom stereocenters. The fourth-order valence-corrected chi connectivity index (χ4v) is 3.23. The van der Waals surface area contributed by atoms with E-state index in [4.69, 9.17) is 13.9 Å². The lowest BCUT2D eigenvalue weighted by Crippen LogP contribution is -2.13. The van der Waals surface area contributed by atoms with Crippen LogP contribution in [-0.4, -0.2) is 25.1 Å². The molecule has 6 nitrogen and oxygen atoms in total. The molecule has 0 unspecified atom stereocenters. The van der Waals surface area contributed by atoms with Crippen LogP contribution in [0.5, 0.6) is 11.5 Å². The van der Waals surface area contributed by atoms with Gasteiger partial charge in [-0.05, 0) is 43.3 Å². The van der Waals surface area contributed by atoms with Crippen molar-refractivity contribution in [1.29, 1.82) is 0 Å². The maximum atomic E-state index is 12.9. The minimum atomic E-state index is -0.235. The normalized spacial score (nSPS) is 10.5. The van der Waals surface area contributed by atoms with Gasteiger partial charge in [-0.2, -0.15) is 0 Å². The van der Waals surface area contributed by atoms with Crippen molar-refractivity contribution in [2.75, 3.05) is 19.5 Å². The van der Waals surface area contributed by atoms with Crippen molar-refractivity contribution in [2.45, 2.75) is 6.92 Å². The van der Waals surface area contributed by atoms with Gasteiger partial charge in [0.25, 0.3) is 5.91 Å². The minimum absolute atomic E-state index is 0.235. The van der Waals surface area contributed by atoms with E-state index in [-0.39, 0.29) is 5.91 Å². The molecule has 6 heteroatoms. The summed E-state index contributed by atoms with van der Waals surface area (Å²) in [7, 11) is 3.18. The Morgan fingerprint density at radius 1 is 0.935 bits per heavy atom. The molecule has 0 bridgehead atoms. The summed E-state index contributed by atoms with van der Waals surface area (Å²) < 4.78 is 16.7. The van der Waals surface area contributed by atoms with Crippen molar-refractivity contribution in [3.63, 3.8) is 0 Å². The van der Waals surface area contributed by atoms with Crippen molar-refractivity contribution in [2.24, 2.45) is 0 Å². The number of aryl methyl sites for hydroxylation is 1. The molecule has 4 rings (SSSR count). The zero-order chi connectivity index (χ0) is 21.8. The number of carbonyl (C=O) groups excluding carboxylic acids is 1. The fraction of sp³-hybridized carbons (Fsp3) is 0.120. The monoisotopic (exact) mass is 414 g/mol. The third-order valence-electron chi connectivity index (χ3n) is 4.89. The zero-order valence-corrected chi connectivity index (χ0v) is 17.5. The summed E-state index contributed by atoms with van der Waals surface area (Å²) in [6.07, 6.45) is 1.62. The predicted molar refractivity (Wildman–Crippen MR) is 120 cm³/mol. The lowest BCUT2D eigenvalue weighted by molar-refractivity contribution is 0.102. The second-order valence-corrected chi connectivity index (χ2v) is 6.96. The summed E-state index contributed by atoms with van der Waals surface area (Å²) in [4.78, 5) is 17.3. The second kappa shape index (κ2) is 8.75. The number of oxazole rings is 1. The summed E-state index contributed by atoms with van der Waals surface area (Å²) in [5.41, 5.74) is 3.66. The number of hydrogen-bond acceptors (Lipinski definition) is 5. The summed E-state index contributed by atoms with van der Waals surface area (Å²) >= 11 is 0. The first-order chi connectivity index (χ1) is 15.1. The van der Waals surface area contributed by atoms with Crippen LogP contribution >= 0.6 is 0 Å².